The van der Waals surface area contributed by atoms with Gasteiger partial charge in [-0.15, -0.1) is 0 Å². The Kier molecular flexibility index (Phi) is 4.59. The molecule has 1 saturated carbocycles. The molecular weight excluding hydrogens is 260 g/mol. The third-order valence-corrected chi connectivity index (χ3v) is 5.12. The predicted octanol–water partition coefficient (Wildman–Crippen LogP) is 2.79. The first kappa shape index (κ1) is 14.6. The standard InChI is InChI=1S/C18H26N2O/c1-13(14-7-3-2-4-8-14)20-18(21)17-11-15-9-5-6-10-16(15)12-19-17/h5-6,9-10,13-14,17,19H,2-4,7-8,11-12H2,1H3,(H,20,21)/t13-,17-/m0/s1. The van der Waals surface area contributed by atoms with Crippen LogP contribution >= 0.6 is 0 Å². The molecule has 0 bridgehead atoms. The average Bonchev–Trinajstić information content (AvgIpc) is 2.55. The minimum Gasteiger partial charge on any atom is -0.352 e. The van der Waals surface area contributed by atoms with Crippen molar-refractivity contribution >= 4 is 5.91 Å². The van der Waals surface area contributed by atoms with Crippen LogP contribution in [0.1, 0.15) is 50.2 Å². The number of carbonyl (C=O) groups is 1. The van der Waals surface area contributed by atoms with Crippen molar-refractivity contribution < 1.29 is 4.79 Å². The van der Waals surface area contributed by atoms with Crippen molar-refractivity contribution in [3.05, 3.63) is 35.4 Å². The molecule has 0 aromatic heterocycles. The van der Waals surface area contributed by atoms with E-state index in [0.29, 0.717) is 12.0 Å². The smallest absolute Gasteiger partial charge is 0.237 e. The number of nitrogens with one attached hydrogen (secondary N) is 2. The summed E-state index contributed by atoms with van der Waals surface area (Å²) in [5.74, 6) is 0.834. The Labute approximate surface area is 127 Å². The van der Waals surface area contributed by atoms with Crippen molar-refractivity contribution in [3.63, 3.8) is 0 Å². The number of hydrogen-bond donors (Lipinski definition) is 2. The predicted molar refractivity (Wildman–Crippen MR) is 85.0 cm³/mol. The molecule has 2 atom stereocenters. The lowest BCUT2D eigenvalue weighted by Gasteiger charge is -2.31. The number of amides is 1. The van der Waals surface area contributed by atoms with E-state index in [9.17, 15) is 4.79 Å². The fourth-order valence-electron chi connectivity index (χ4n) is 3.72. The number of carbonyl (C=O) groups excluding carboxylic acids is 1. The maximum absolute atomic E-state index is 12.5. The molecule has 1 aliphatic carbocycles. The second-order valence-electron chi connectivity index (χ2n) is 6.60. The number of benzene rings is 1. The first-order valence-corrected chi connectivity index (χ1v) is 8.34. The fraction of sp³-hybridized carbons (Fsp3) is 0.611. The van der Waals surface area contributed by atoms with Crippen molar-refractivity contribution in [3.8, 4) is 0 Å². The minimum atomic E-state index is -0.0778. The Bertz CT molecular complexity index is 494. The molecule has 1 heterocycles. The van der Waals surface area contributed by atoms with Crippen LogP contribution in [0.2, 0.25) is 0 Å². The third kappa shape index (κ3) is 3.46. The summed E-state index contributed by atoms with van der Waals surface area (Å²) in [6, 6.07) is 8.63. The fourth-order valence-corrected chi connectivity index (χ4v) is 3.72. The first-order chi connectivity index (χ1) is 10.2. The van der Waals surface area contributed by atoms with Gasteiger partial charge in [0.25, 0.3) is 0 Å². The molecule has 21 heavy (non-hydrogen) atoms. The van der Waals surface area contributed by atoms with E-state index in [1.54, 1.807) is 0 Å². The normalized spacial score (nSPS) is 24.1. The summed E-state index contributed by atoms with van der Waals surface area (Å²) in [7, 11) is 0. The van der Waals surface area contributed by atoms with Gasteiger partial charge < -0.3 is 10.6 Å². The molecule has 1 aromatic rings. The maximum atomic E-state index is 12.5. The highest BCUT2D eigenvalue weighted by atomic mass is 16.2. The second-order valence-corrected chi connectivity index (χ2v) is 6.60. The molecular formula is C18H26N2O. The van der Waals surface area contributed by atoms with Crippen LogP contribution in [0.25, 0.3) is 0 Å². The van der Waals surface area contributed by atoms with Crippen LogP contribution in [-0.2, 0) is 17.8 Å². The van der Waals surface area contributed by atoms with E-state index in [1.807, 2.05) is 0 Å². The van der Waals surface area contributed by atoms with Gasteiger partial charge in [0.05, 0.1) is 6.04 Å². The Hall–Kier alpha value is -1.35. The molecule has 0 radical (unpaired) electrons. The van der Waals surface area contributed by atoms with Gasteiger partial charge >= 0.3 is 0 Å². The Morgan fingerprint density at radius 3 is 2.67 bits per heavy atom. The van der Waals surface area contributed by atoms with Gasteiger partial charge in [-0.1, -0.05) is 43.5 Å². The maximum Gasteiger partial charge on any atom is 0.237 e. The van der Waals surface area contributed by atoms with Crippen LogP contribution < -0.4 is 10.6 Å². The molecule has 114 valence electrons. The third-order valence-electron chi connectivity index (χ3n) is 5.12. The summed E-state index contributed by atoms with van der Waals surface area (Å²) in [6.45, 7) is 2.97. The molecule has 3 rings (SSSR count). The molecule has 2 aliphatic rings. The number of fused-ring (bicyclic) bond motifs is 1. The van der Waals surface area contributed by atoms with Gasteiger partial charge in [-0.3, -0.25) is 4.79 Å². The van der Waals surface area contributed by atoms with Gasteiger partial charge in [0, 0.05) is 12.6 Å². The highest BCUT2D eigenvalue weighted by molar-refractivity contribution is 5.82. The molecule has 1 aromatic carbocycles. The van der Waals surface area contributed by atoms with E-state index in [4.69, 9.17) is 0 Å². The van der Waals surface area contributed by atoms with Crippen molar-refractivity contribution in [2.24, 2.45) is 5.92 Å². The minimum absolute atomic E-state index is 0.0778. The van der Waals surface area contributed by atoms with E-state index in [-0.39, 0.29) is 11.9 Å². The molecule has 1 aliphatic heterocycles. The topological polar surface area (TPSA) is 41.1 Å². The molecule has 0 spiro atoms. The van der Waals surface area contributed by atoms with Gasteiger partial charge in [-0.05, 0) is 43.2 Å². The van der Waals surface area contributed by atoms with E-state index < -0.39 is 0 Å². The Morgan fingerprint density at radius 2 is 1.90 bits per heavy atom. The van der Waals surface area contributed by atoms with Crippen LogP contribution in [0.3, 0.4) is 0 Å². The van der Waals surface area contributed by atoms with E-state index in [0.717, 1.165) is 13.0 Å². The Balaban J connectivity index is 1.56. The van der Waals surface area contributed by atoms with Gasteiger partial charge in [0.1, 0.15) is 0 Å². The second kappa shape index (κ2) is 6.61. The van der Waals surface area contributed by atoms with Crippen LogP contribution in [0.15, 0.2) is 24.3 Å². The van der Waals surface area contributed by atoms with Gasteiger partial charge in [0.2, 0.25) is 5.91 Å². The van der Waals surface area contributed by atoms with E-state index >= 15 is 0 Å². The molecule has 3 nitrogen and oxygen atoms in total. The zero-order valence-corrected chi connectivity index (χ0v) is 12.9. The molecule has 0 unspecified atom stereocenters. The summed E-state index contributed by atoms with van der Waals surface area (Å²) in [4.78, 5) is 12.5. The van der Waals surface area contributed by atoms with Crippen molar-refractivity contribution in [1.82, 2.24) is 10.6 Å². The van der Waals surface area contributed by atoms with Gasteiger partial charge in [0.15, 0.2) is 0 Å². The highest BCUT2D eigenvalue weighted by Crippen LogP contribution is 2.26. The monoisotopic (exact) mass is 286 g/mol. The van der Waals surface area contributed by atoms with E-state index in [2.05, 4.69) is 41.8 Å². The molecule has 2 N–H and O–H groups in total. The summed E-state index contributed by atoms with van der Waals surface area (Å²) in [5.41, 5.74) is 2.63. The Morgan fingerprint density at radius 1 is 1.19 bits per heavy atom. The average molecular weight is 286 g/mol. The summed E-state index contributed by atoms with van der Waals surface area (Å²) < 4.78 is 0. The van der Waals surface area contributed by atoms with Gasteiger partial charge in [-0.2, -0.15) is 0 Å². The van der Waals surface area contributed by atoms with Crippen LogP contribution in [0, 0.1) is 5.92 Å². The SMILES string of the molecule is C[C@H](NC(=O)[C@@H]1Cc2ccccc2CN1)C1CCCCC1. The molecule has 1 fully saturated rings. The molecule has 0 saturated heterocycles. The van der Waals surface area contributed by atoms with Gasteiger partial charge in [-0.25, -0.2) is 0 Å². The van der Waals surface area contributed by atoms with Crippen LogP contribution in [-0.4, -0.2) is 18.0 Å². The zero-order chi connectivity index (χ0) is 14.7. The lowest BCUT2D eigenvalue weighted by molar-refractivity contribution is -0.124. The summed E-state index contributed by atoms with van der Waals surface area (Å²) in [5, 5.41) is 6.62. The quantitative estimate of drug-likeness (QED) is 0.897. The van der Waals surface area contributed by atoms with Crippen molar-refractivity contribution in [2.75, 3.05) is 0 Å². The zero-order valence-electron chi connectivity index (χ0n) is 12.9. The largest absolute Gasteiger partial charge is 0.352 e. The van der Waals surface area contributed by atoms with Crippen LogP contribution in [0.5, 0.6) is 0 Å². The van der Waals surface area contributed by atoms with E-state index in [1.165, 1.54) is 43.2 Å². The van der Waals surface area contributed by atoms with Crippen molar-refractivity contribution in [1.29, 1.82) is 0 Å². The number of rotatable bonds is 3. The first-order valence-electron chi connectivity index (χ1n) is 8.34. The highest BCUT2D eigenvalue weighted by Gasteiger charge is 2.27. The molecule has 1 amide bonds. The van der Waals surface area contributed by atoms with Crippen LogP contribution in [0.4, 0.5) is 0 Å². The van der Waals surface area contributed by atoms with Crippen molar-refractivity contribution in [2.45, 2.75) is 64.1 Å². The lowest BCUT2D eigenvalue weighted by atomic mass is 9.84. The summed E-state index contributed by atoms with van der Waals surface area (Å²) in [6.07, 6.45) is 7.34. The molecule has 3 heteroatoms. The summed E-state index contributed by atoms with van der Waals surface area (Å²) >= 11 is 0. The number of hydrogen-bond acceptors (Lipinski definition) is 2. The lowest BCUT2D eigenvalue weighted by Crippen LogP contribution is -2.51.